The lowest BCUT2D eigenvalue weighted by atomic mass is 10.1. The highest BCUT2D eigenvalue weighted by Gasteiger charge is 2.13. The molecule has 0 aliphatic heterocycles. The van der Waals surface area contributed by atoms with Gasteiger partial charge in [-0.05, 0) is 31.0 Å². The second-order valence-corrected chi connectivity index (χ2v) is 4.07. The van der Waals surface area contributed by atoms with E-state index in [2.05, 4.69) is 5.32 Å². The third kappa shape index (κ3) is 3.68. The third-order valence-corrected chi connectivity index (χ3v) is 2.87. The summed E-state index contributed by atoms with van der Waals surface area (Å²) in [6.07, 6.45) is 0.846. The van der Waals surface area contributed by atoms with Crippen molar-refractivity contribution < 1.29 is 14.2 Å². The molecule has 4 heteroatoms. The van der Waals surface area contributed by atoms with Crippen molar-refractivity contribution in [1.82, 2.24) is 5.32 Å². The molecule has 2 N–H and O–H groups in total. The molecule has 0 saturated carbocycles. The first-order chi connectivity index (χ1) is 8.12. The molecule has 0 heterocycles. The van der Waals surface area contributed by atoms with Crippen LogP contribution in [-0.2, 0) is 0 Å². The highest BCUT2D eigenvalue weighted by molar-refractivity contribution is 5.31. The van der Waals surface area contributed by atoms with Gasteiger partial charge in [-0.15, -0.1) is 0 Å². The Hall–Kier alpha value is -1.13. The molecule has 0 radical (unpaired) electrons. The number of hydrogen-bond donors (Lipinski definition) is 2. The van der Waals surface area contributed by atoms with E-state index in [9.17, 15) is 4.39 Å². The van der Waals surface area contributed by atoms with E-state index in [0.29, 0.717) is 0 Å². The minimum absolute atomic E-state index is 0.0431. The van der Waals surface area contributed by atoms with Crippen LogP contribution >= 0.6 is 0 Å². The number of methoxy groups -OCH3 is 1. The molecule has 0 aromatic heterocycles. The van der Waals surface area contributed by atoms with Crippen molar-refractivity contribution >= 4 is 0 Å². The van der Waals surface area contributed by atoms with Crippen LogP contribution in [0.1, 0.15) is 31.9 Å². The third-order valence-electron chi connectivity index (χ3n) is 2.87. The van der Waals surface area contributed by atoms with Crippen molar-refractivity contribution in [1.29, 1.82) is 0 Å². The van der Waals surface area contributed by atoms with Crippen LogP contribution in [0.5, 0.6) is 5.75 Å². The number of nitrogens with one attached hydrogen (secondary N) is 1. The number of hydrogen-bond acceptors (Lipinski definition) is 3. The zero-order chi connectivity index (χ0) is 12.8. The fourth-order valence-electron chi connectivity index (χ4n) is 1.70. The van der Waals surface area contributed by atoms with Gasteiger partial charge in [-0.1, -0.05) is 13.0 Å². The summed E-state index contributed by atoms with van der Waals surface area (Å²) in [7, 11) is 1.45. The first kappa shape index (κ1) is 13.9. The van der Waals surface area contributed by atoms with Gasteiger partial charge in [0.05, 0.1) is 13.7 Å². The molecule has 96 valence electrons. The van der Waals surface area contributed by atoms with Gasteiger partial charge < -0.3 is 15.2 Å². The average Bonchev–Trinajstić information content (AvgIpc) is 2.36. The second kappa shape index (κ2) is 6.57. The molecule has 0 aliphatic carbocycles. The smallest absolute Gasteiger partial charge is 0.165 e. The summed E-state index contributed by atoms with van der Waals surface area (Å²) in [6, 6.07) is 4.89. The number of aliphatic hydroxyl groups is 1. The second-order valence-electron chi connectivity index (χ2n) is 4.07. The highest BCUT2D eigenvalue weighted by atomic mass is 19.1. The predicted octanol–water partition coefficient (Wildman–Crippen LogP) is 2.26. The number of benzene rings is 1. The average molecular weight is 241 g/mol. The Kier molecular flexibility index (Phi) is 5.38. The Balaban J connectivity index is 2.78. The van der Waals surface area contributed by atoms with Gasteiger partial charge in [0.25, 0.3) is 0 Å². The van der Waals surface area contributed by atoms with Crippen molar-refractivity contribution in [2.45, 2.75) is 32.4 Å². The van der Waals surface area contributed by atoms with E-state index in [-0.39, 0.29) is 30.3 Å². The molecule has 0 aliphatic rings. The summed E-state index contributed by atoms with van der Waals surface area (Å²) in [5, 5.41) is 12.4. The Labute approximate surface area is 102 Å². The maximum Gasteiger partial charge on any atom is 0.165 e. The summed E-state index contributed by atoms with van der Waals surface area (Å²) in [6.45, 7) is 4.08. The summed E-state index contributed by atoms with van der Waals surface area (Å²) >= 11 is 0. The minimum atomic E-state index is -0.363. The first-order valence-corrected chi connectivity index (χ1v) is 5.82. The van der Waals surface area contributed by atoms with Crippen LogP contribution < -0.4 is 10.1 Å². The van der Waals surface area contributed by atoms with Crippen LogP contribution in [0.4, 0.5) is 4.39 Å². The maximum atomic E-state index is 13.2. The lowest BCUT2D eigenvalue weighted by molar-refractivity contribution is 0.230. The normalized spacial score (nSPS) is 14.4. The summed E-state index contributed by atoms with van der Waals surface area (Å²) < 4.78 is 18.2. The fourth-order valence-corrected chi connectivity index (χ4v) is 1.70. The number of rotatable bonds is 6. The van der Waals surface area contributed by atoms with Crippen LogP contribution in [0, 0.1) is 5.82 Å². The van der Waals surface area contributed by atoms with Crippen molar-refractivity contribution in [2.24, 2.45) is 0 Å². The lowest BCUT2D eigenvalue weighted by Crippen LogP contribution is -2.33. The largest absolute Gasteiger partial charge is 0.494 e. The van der Waals surface area contributed by atoms with E-state index in [1.807, 2.05) is 13.8 Å². The monoisotopic (exact) mass is 241 g/mol. The molecule has 2 atom stereocenters. The molecule has 17 heavy (non-hydrogen) atoms. The lowest BCUT2D eigenvalue weighted by Gasteiger charge is -2.21. The van der Waals surface area contributed by atoms with E-state index < -0.39 is 0 Å². The van der Waals surface area contributed by atoms with Crippen molar-refractivity contribution in [3.05, 3.63) is 29.6 Å². The number of ether oxygens (including phenoxy) is 1. The fraction of sp³-hybridized carbons (Fsp3) is 0.538. The molecule has 0 fully saturated rings. The molecule has 0 saturated heterocycles. The van der Waals surface area contributed by atoms with E-state index in [4.69, 9.17) is 9.84 Å². The predicted molar refractivity (Wildman–Crippen MR) is 65.7 cm³/mol. The molecule has 1 aromatic carbocycles. The molecule has 0 bridgehead atoms. The summed E-state index contributed by atoms with van der Waals surface area (Å²) in [5.74, 6) is -0.120. The Morgan fingerprint density at radius 2 is 2.18 bits per heavy atom. The van der Waals surface area contributed by atoms with Gasteiger partial charge in [-0.2, -0.15) is 0 Å². The number of halogens is 1. The SMILES string of the molecule is CCC(CO)NC(C)c1ccc(F)c(OC)c1. The molecule has 2 unspecified atom stereocenters. The van der Waals surface area contributed by atoms with Gasteiger partial charge in [0.15, 0.2) is 11.6 Å². The van der Waals surface area contributed by atoms with Crippen LogP contribution in [-0.4, -0.2) is 24.9 Å². The molecule has 0 amide bonds. The Bertz CT molecular complexity index is 353. The van der Waals surface area contributed by atoms with Gasteiger partial charge >= 0.3 is 0 Å². The van der Waals surface area contributed by atoms with Gasteiger partial charge in [-0.3, -0.25) is 0 Å². The quantitative estimate of drug-likeness (QED) is 0.802. The van der Waals surface area contributed by atoms with Crippen molar-refractivity contribution in [3.63, 3.8) is 0 Å². The van der Waals surface area contributed by atoms with Gasteiger partial charge in [0.1, 0.15) is 0 Å². The number of aliphatic hydroxyl groups excluding tert-OH is 1. The van der Waals surface area contributed by atoms with E-state index in [1.54, 1.807) is 12.1 Å². The van der Waals surface area contributed by atoms with Crippen LogP contribution in [0.15, 0.2) is 18.2 Å². The van der Waals surface area contributed by atoms with Crippen molar-refractivity contribution in [2.75, 3.05) is 13.7 Å². The summed E-state index contributed by atoms with van der Waals surface area (Å²) in [4.78, 5) is 0. The molecule has 3 nitrogen and oxygen atoms in total. The summed E-state index contributed by atoms with van der Waals surface area (Å²) in [5.41, 5.74) is 0.940. The molecule has 0 spiro atoms. The minimum Gasteiger partial charge on any atom is -0.494 e. The first-order valence-electron chi connectivity index (χ1n) is 5.82. The van der Waals surface area contributed by atoms with E-state index >= 15 is 0 Å². The van der Waals surface area contributed by atoms with E-state index in [0.717, 1.165) is 12.0 Å². The maximum absolute atomic E-state index is 13.2. The van der Waals surface area contributed by atoms with Crippen molar-refractivity contribution in [3.8, 4) is 5.75 Å². The molecule has 1 rings (SSSR count). The van der Waals surface area contributed by atoms with Crippen LogP contribution in [0.2, 0.25) is 0 Å². The van der Waals surface area contributed by atoms with Crippen LogP contribution in [0.3, 0.4) is 0 Å². The molecular formula is C13H20FNO2. The zero-order valence-electron chi connectivity index (χ0n) is 10.5. The topological polar surface area (TPSA) is 41.5 Å². The standard InChI is InChI=1S/C13H20FNO2/c1-4-11(8-16)15-9(2)10-5-6-12(14)13(7-10)17-3/h5-7,9,11,15-16H,4,8H2,1-3H3. The molecule has 1 aromatic rings. The van der Waals surface area contributed by atoms with Gasteiger partial charge in [-0.25, -0.2) is 4.39 Å². The van der Waals surface area contributed by atoms with Crippen LogP contribution in [0.25, 0.3) is 0 Å². The highest BCUT2D eigenvalue weighted by Crippen LogP contribution is 2.22. The zero-order valence-corrected chi connectivity index (χ0v) is 10.5. The Morgan fingerprint density at radius 3 is 2.71 bits per heavy atom. The Morgan fingerprint density at radius 1 is 1.47 bits per heavy atom. The van der Waals surface area contributed by atoms with E-state index in [1.165, 1.54) is 13.2 Å². The molecular weight excluding hydrogens is 221 g/mol. The van der Waals surface area contributed by atoms with Gasteiger partial charge in [0, 0.05) is 12.1 Å². The van der Waals surface area contributed by atoms with Gasteiger partial charge in [0.2, 0.25) is 0 Å².